The number of benzene rings is 3. The summed E-state index contributed by atoms with van der Waals surface area (Å²) >= 11 is 0. The number of carbonyl (C=O) groups excluding carboxylic acids is 2. The molecule has 4 aromatic rings. The molecule has 0 radical (unpaired) electrons. The molecule has 0 atom stereocenters. The molecule has 0 unspecified atom stereocenters. The third-order valence-electron chi connectivity index (χ3n) is 6.11. The molecule has 3 aromatic carbocycles. The molecule has 6 nitrogen and oxygen atoms in total. The van der Waals surface area contributed by atoms with Crippen LogP contribution in [-0.2, 0) is 9.47 Å². The molecule has 1 amide bonds. The van der Waals surface area contributed by atoms with Gasteiger partial charge in [-0.1, -0.05) is 32.0 Å². The van der Waals surface area contributed by atoms with Crippen LogP contribution in [0.4, 0.5) is 14.9 Å². The van der Waals surface area contributed by atoms with Gasteiger partial charge in [0.1, 0.15) is 17.0 Å². The zero-order chi connectivity index (χ0) is 29.4. The summed E-state index contributed by atoms with van der Waals surface area (Å²) in [7, 11) is 0. The Balaban J connectivity index is 1.96. The van der Waals surface area contributed by atoms with Gasteiger partial charge in [0.2, 0.25) is 0 Å². The van der Waals surface area contributed by atoms with Gasteiger partial charge in [-0.2, -0.15) is 0 Å². The van der Waals surface area contributed by atoms with Gasteiger partial charge in [-0.05, 0) is 102 Å². The Morgan fingerprint density at radius 2 is 1.43 bits per heavy atom. The van der Waals surface area contributed by atoms with Crippen molar-refractivity contribution in [1.82, 2.24) is 4.57 Å². The maximum absolute atomic E-state index is 13.9. The van der Waals surface area contributed by atoms with Gasteiger partial charge >= 0.3 is 12.1 Å². The fourth-order valence-corrected chi connectivity index (χ4v) is 4.69. The third-order valence-corrected chi connectivity index (χ3v) is 6.11. The Morgan fingerprint density at radius 1 is 0.825 bits per heavy atom. The van der Waals surface area contributed by atoms with E-state index in [0.717, 1.165) is 33.4 Å². The molecule has 210 valence electrons. The number of hydrogen-bond donors (Lipinski definition) is 1. The molecule has 0 fully saturated rings. The lowest BCUT2D eigenvalue weighted by Crippen LogP contribution is -2.27. The Hall–Kier alpha value is -4.13. The summed E-state index contributed by atoms with van der Waals surface area (Å²) < 4.78 is 27.1. The average Bonchev–Trinajstić information content (AvgIpc) is 3.19. The van der Waals surface area contributed by atoms with Crippen LogP contribution < -0.4 is 5.32 Å². The molecule has 7 heteroatoms. The van der Waals surface area contributed by atoms with Gasteiger partial charge in [0, 0.05) is 22.3 Å². The maximum atomic E-state index is 13.9. The maximum Gasteiger partial charge on any atom is 0.412 e. The molecule has 4 rings (SSSR count). The van der Waals surface area contributed by atoms with E-state index in [1.54, 1.807) is 24.3 Å². The Kier molecular flexibility index (Phi) is 7.79. The summed E-state index contributed by atoms with van der Waals surface area (Å²) in [6.45, 7) is 15.1. The number of esters is 1. The lowest BCUT2D eigenvalue weighted by molar-refractivity contribution is 0.00693. The summed E-state index contributed by atoms with van der Waals surface area (Å²) in [6.07, 6.45) is -0.563. The van der Waals surface area contributed by atoms with E-state index < -0.39 is 23.3 Å². The van der Waals surface area contributed by atoms with Crippen molar-refractivity contribution in [2.24, 2.45) is 0 Å². The molecule has 0 spiro atoms. The zero-order valence-electron chi connectivity index (χ0n) is 24.4. The first-order chi connectivity index (χ1) is 18.6. The molecular weight excluding hydrogens is 507 g/mol. The number of carbonyl (C=O) groups is 2. The van der Waals surface area contributed by atoms with Crippen molar-refractivity contribution < 1.29 is 23.5 Å². The van der Waals surface area contributed by atoms with Gasteiger partial charge in [0.05, 0.1) is 16.8 Å². The van der Waals surface area contributed by atoms with Crippen LogP contribution >= 0.6 is 0 Å². The zero-order valence-corrected chi connectivity index (χ0v) is 24.4. The Labute approximate surface area is 235 Å². The predicted molar refractivity (Wildman–Crippen MR) is 158 cm³/mol. The number of ether oxygens (including phenoxy) is 2. The Bertz CT molecular complexity index is 1540. The number of rotatable bonds is 5. The molecule has 0 aliphatic rings. The smallest absolute Gasteiger partial charge is 0.412 e. The van der Waals surface area contributed by atoms with Crippen LogP contribution in [0.25, 0.3) is 27.7 Å². The number of fused-ring (bicyclic) bond motifs is 1. The van der Waals surface area contributed by atoms with Crippen molar-refractivity contribution in [2.45, 2.75) is 72.5 Å². The van der Waals surface area contributed by atoms with Gasteiger partial charge in [-0.25, -0.2) is 14.0 Å². The summed E-state index contributed by atoms with van der Waals surface area (Å²) in [4.78, 5) is 25.5. The van der Waals surface area contributed by atoms with Crippen molar-refractivity contribution in [3.8, 4) is 16.8 Å². The molecule has 0 saturated heterocycles. The second-order valence-electron chi connectivity index (χ2n) is 12.1. The van der Waals surface area contributed by atoms with Crippen molar-refractivity contribution in [3.05, 3.63) is 83.8 Å². The lowest BCUT2D eigenvalue weighted by Gasteiger charge is -2.20. The van der Waals surface area contributed by atoms with Crippen LogP contribution in [-0.4, -0.2) is 27.8 Å². The van der Waals surface area contributed by atoms with Crippen LogP contribution in [0.2, 0.25) is 0 Å². The first kappa shape index (κ1) is 28.9. The van der Waals surface area contributed by atoms with Crippen LogP contribution in [0.3, 0.4) is 0 Å². The molecule has 0 aliphatic heterocycles. The molecular formula is C33H37FN2O4. The fourth-order valence-electron chi connectivity index (χ4n) is 4.69. The molecule has 0 saturated carbocycles. The second-order valence-corrected chi connectivity index (χ2v) is 12.1. The standard InChI is InChI=1S/C33H37FN2O4/c1-20(2)29-27(21-12-14-22(15-13-21)30(37)39-32(3,4)5)28-25(35-31(38)40-33(6,7)8)10-9-11-26(28)36(29)24-18-16-23(34)17-19-24/h9-20H,1-8H3,(H,35,38). The first-order valence-corrected chi connectivity index (χ1v) is 13.4. The minimum Gasteiger partial charge on any atom is -0.456 e. The number of nitrogens with one attached hydrogen (secondary N) is 1. The van der Waals surface area contributed by atoms with E-state index in [2.05, 4.69) is 23.7 Å². The molecule has 0 aliphatic carbocycles. The van der Waals surface area contributed by atoms with E-state index in [-0.39, 0.29) is 11.7 Å². The highest BCUT2D eigenvalue weighted by atomic mass is 19.1. The number of anilines is 1. The SMILES string of the molecule is CC(C)c1c(-c2ccc(C(=O)OC(C)(C)C)cc2)c2c(NC(=O)OC(C)(C)C)cccc2n1-c1ccc(F)cc1. The fraction of sp³-hybridized carbons (Fsp3) is 0.333. The Morgan fingerprint density at radius 3 is 1.98 bits per heavy atom. The van der Waals surface area contributed by atoms with E-state index in [9.17, 15) is 14.0 Å². The van der Waals surface area contributed by atoms with E-state index in [0.29, 0.717) is 11.3 Å². The number of amides is 1. The molecule has 0 bridgehead atoms. The lowest BCUT2D eigenvalue weighted by atomic mass is 9.95. The quantitative estimate of drug-likeness (QED) is 0.255. The van der Waals surface area contributed by atoms with Crippen molar-refractivity contribution in [3.63, 3.8) is 0 Å². The van der Waals surface area contributed by atoms with Gasteiger partial charge < -0.3 is 14.0 Å². The van der Waals surface area contributed by atoms with Crippen molar-refractivity contribution >= 4 is 28.7 Å². The van der Waals surface area contributed by atoms with E-state index in [4.69, 9.17) is 9.47 Å². The average molecular weight is 545 g/mol. The third kappa shape index (κ3) is 6.36. The normalized spacial score (nSPS) is 12.1. The summed E-state index contributed by atoms with van der Waals surface area (Å²) in [5, 5.41) is 3.75. The summed E-state index contributed by atoms with van der Waals surface area (Å²) in [6, 6.07) is 19.3. The van der Waals surface area contributed by atoms with E-state index in [1.807, 2.05) is 71.9 Å². The van der Waals surface area contributed by atoms with Crippen LogP contribution in [0.1, 0.15) is 77.4 Å². The predicted octanol–water partition coefficient (Wildman–Crippen LogP) is 8.86. The number of nitrogens with zero attached hydrogens (tertiary/aromatic N) is 1. The number of halogens is 1. The number of aromatic nitrogens is 1. The highest BCUT2D eigenvalue weighted by molar-refractivity contribution is 6.10. The molecule has 1 heterocycles. The molecule has 1 aromatic heterocycles. The topological polar surface area (TPSA) is 69.6 Å². The van der Waals surface area contributed by atoms with Gasteiger partial charge in [0.15, 0.2) is 0 Å². The minimum absolute atomic E-state index is 0.0485. The largest absolute Gasteiger partial charge is 0.456 e. The summed E-state index contributed by atoms with van der Waals surface area (Å²) in [5.74, 6) is -0.673. The molecule has 40 heavy (non-hydrogen) atoms. The van der Waals surface area contributed by atoms with Gasteiger partial charge in [0.25, 0.3) is 0 Å². The summed E-state index contributed by atoms with van der Waals surface area (Å²) in [5.41, 5.74) is 4.13. The van der Waals surface area contributed by atoms with Crippen LogP contribution in [0, 0.1) is 5.82 Å². The van der Waals surface area contributed by atoms with Gasteiger partial charge in [-0.15, -0.1) is 0 Å². The highest BCUT2D eigenvalue weighted by Gasteiger charge is 2.26. The van der Waals surface area contributed by atoms with Crippen molar-refractivity contribution in [1.29, 1.82) is 0 Å². The second kappa shape index (κ2) is 10.8. The van der Waals surface area contributed by atoms with E-state index >= 15 is 0 Å². The van der Waals surface area contributed by atoms with Crippen LogP contribution in [0.5, 0.6) is 0 Å². The number of hydrogen-bond acceptors (Lipinski definition) is 4. The highest BCUT2D eigenvalue weighted by Crippen LogP contribution is 2.44. The molecule has 1 N–H and O–H groups in total. The monoisotopic (exact) mass is 544 g/mol. The van der Waals surface area contributed by atoms with Gasteiger partial charge in [-0.3, -0.25) is 5.32 Å². The van der Waals surface area contributed by atoms with Crippen LogP contribution in [0.15, 0.2) is 66.7 Å². The minimum atomic E-state index is -0.665. The van der Waals surface area contributed by atoms with E-state index in [1.165, 1.54) is 12.1 Å². The van der Waals surface area contributed by atoms with Crippen molar-refractivity contribution in [2.75, 3.05) is 5.32 Å². The first-order valence-electron chi connectivity index (χ1n) is 13.4.